The zero-order valence-electron chi connectivity index (χ0n) is 11.5. The number of hydrogen-bond acceptors (Lipinski definition) is 5. The van der Waals surface area contributed by atoms with Gasteiger partial charge in [-0.05, 0) is 0 Å². The Balaban J connectivity index is 2.18. The van der Waals surface area contributed by atoms with Gasteiger partial charge >= 0.3 is 6.18 Å². The maximum Gasteiger partial charge on any atom is 0.411 e. The minimum Gasteiger partial charge on any atom is -0.373 e. The van der Waals surface area contributed by atoms with Crippen LogP contribution in [0.15, 0.2) is 18.5 Å². The maximum atomic E-state index is 12.1. The number of halogens is 3. The third kappa shape index (κ3) is 4.42. The monoisotopic (exact) mass is 301 g/mol. The molecule has 6 nitrogen and oxygen atoms in total. The molecule has 0 spiro atoms. The van der Waals surface area contributed by atoms with Gasteiger partial charge in [0.05, 0.1) is 11.9 Å². The largest absolute Gasteiger partial charge is 0.411 e. The lowest BCUT2D eigenvalue weighted by atomic mass is 10.2. The lowest BCUT2D eigenvalue weighted by Crippen LogP contribution is -2.17. The van der Waals surface area contributed by atoms with E-state index in [4.69, 9.17) is 0 Å². The average Bonchev–Trinajstić information content (AvgIpc) is 2.83. The van der Waals surface area contributed by atoms with Crippen molar-refractivity contribution in [3.05, 3.63) is 24.3 Å². The zero-order valence-corrected chi connectivity index (χ0v) is 11.5. The highest BCUT2D eigenvalue weighted by molar-refractivity contribution is 5.60. The average molecular weight is 301 g/mol. The highest BCUT2D eigenvalue weighted by atomic mass is 19.4. The van der Waals surface area contributed by atoms with Crippen molar-refractivity contribution >= 4 is 5.82 Å². The van der Waals surface area contributed by atoms with Crippen LogP contribution in [0.1, 0.15) is 5.82 Å². The normalized spacial score (nSPS) is 11.7. The Bertz CT molecular complexity index is 611. The van der Waals surface area contributed by atoms with E-state index in [0.717, 1.165) is 5.56 Å². The van der Waals surface area contributed by atoms with Crippen LogP contribution in [0, 0.1) is 0 Å². The van der Waals surface area contributed by atoms with Gasteiger partial charge in [0.25, 0.3) is 0 Å². The van der Waals surface area contributed by atoms with Gasteiger partial charge in [0, 0.05) is 31.9 Å². The highest BCUT2D eigenvalue weighted by Gasteiger charge is 2.27. The van der Waals surface area contributed by atoms with Gasteiger partial charge in [0.1, 0.15) is 19.0 Å². The van der Waals surface area contributed by atoms with E-state index in [-0.39, 0.29) is 12.4 Å². The summed E-state index contributed by atoms with van der Waals surface area (Å²) in [6.07, 6.45) is -1.00. The fourth-order valence-corrected chi connectivity index (χ4v) is 1.65. The number of anilines is 1. The van der Waals surface area contributed by atoms with Gasteiger partial charge in [-0.2, -0.15) is 18.3 Å². The number of alkyl halides is 3. The number of hydrogen-bond donors (Lipinski definition) is 1. The van der Waals surface area contributed by atoms with Crippen molar-refractivity contribution in [2.45, 2.75) is 12.8 Å². The van der Waals surface area contributed by atoms with Gasteiger partial charge < -0.3 is 10.1 Å². The molecule has 0 fully saturated rings. The first-order chi connectivity index (χ1) is 9.87. The van der Waals surface area contributed by atoms with E-state index >= 15 is 0 Å². The predicted molar refractivity (Wildman–Crippen MR) is 69.5 cm³/mol. The molecule has 0 aliphatic heterocycles. The third-order valence-corrected chi connectivity index (χ3v) is 2.53. The first-order valence-corrected chi connectivity index (χ1v) is 6.06. The van der Waals surface area contributed by atoms with Crippen molar-refractivity contribution in [2.75, 3.05) is 19.0 Å². The number of ether oxygens (including phenoxy) is 1. The number of nitrogens with zero attached hydrogens (tertiary/aromatic N) is 4. The first kappa shape index (κ1) is 15.2. The SMILES string of the molecule is CNc1cc(-c2cnn(C)c2)nc(COCC(F)(F)F)n1. The molecule has 0 unspecified atom stereocenters. The summed E-state index contributed by atoms with van der Waals surface area (Å²) in [6.45, 7) is -1.65. The van der Waals surface area contributed by atoms with Gasteiger partial charge in [0.15, 0.2) is 5.82 Å². The molecule has 2 rings (SSSR count). The second kappa shape index (κ2) is 6.08. The molecule has 21 heavy (non-hydrogen) atoms. The first-order valence-electron chi connectivity index (χ1n) is 6.06. The molecule has 1 N–H and O–H groups in total. The molecular formula is C12H14F3N5O. The number of aromatic nitrogens is 4. The second-order valence-electron chi connectivity index (χ2n) is 4.32. The van der Waals surface area contributed by atoms with Crippen molar-refractivity contribution in [1.82, 2.24) is 19.7 Å². The summed E-state index contributed by atoms with van der Waals surface area (Å²) in [7, 11) is 3.42. The Morgan fingerprint density at radius 2 is 2.10 bits per heavy atom. The summed E-state index contributed by atoms with van der Waals surface area (Å²) in [6, 6.07) is 1.68. The molecule has 0 aliphatic rings. The molecule has 2 aromatic heterocycles. The van der Waals surface area contributed by atoms with E-state index in [9.17, 15) is 13.2 Å². The van der Waals surface area contributed by atoms with Crippen LogP contribution in [0.5, 0.6) is 0 Å². The summed E-state index contributed by atoms with van der Waals surface area (Å²) in [4.78, 5) is 8.25. The van der Waals surface area contributed by atoms with Gasteiger partial charge in [-0.25, -0.2) is 9.97 Å². The predicted octanol–water partition coefficient (Wildman–Crippen LogP) is 2.00. The van der Waals surface area contributed by atoms with Crippen molar-refractivity contribution in [1.29, 1.82) is 0 Å². The molecule has 0 bridgehead atoms. The summed E-state index contributed by atoms with van der Waals surface area (Å²) in [5.41, 5.74) is 1.31. The molecule has 0 aromatic carbocycles. The van der Waals surface area contributed by atoms with E-state index in [2.05, 4.69) is 25.1 Å². The molecule has 0 atom stereocenters. The number of aryl methyl sites for hydroxylation is 1. The summed E-state index contributed by atoms with van der Waals surface area (Å²) < 4.78 is 42.4. The van der Waals surface area contributed by atoms with E-state index in [1.807, 2.05) is 0 Å². The molecule has 0 saturated carbocycles. The Morgan fingerprint density at radius 1 is 1.33 bits per heavy atom. The number of rotatable bonds is 5. The fraction of sp³-hybridized carbons (Fsp3) is 0.417. The van der Waals surface area contributed by atoms with Crippen LogP contribution in [0.2, 0.25) is 0 Å². The minimum atomic E-state index is -4.37. The molecule has 0 amide bonds. The van der Waals surface area contributed by atoms with Gasteiger partial charge in [0.2, 0.25) is 0 Å². The van der Waals surface area contributed by atoms with Crippen molar-refractivity contribution in [2.24, 2.45) is 7.05 Å². The molecule has 2 heterocycles. The minimum absolute atomic E-state index is 0.171. The van der Waals surface area contributed by atoms with Crippen LogP contribution in [0.3, 0.4) is 0 Å². The van der Waals surface area contributed by atoms with E-state index in [1.54, 1.807) is 37.2 Å². The van der Waals surface area contributed by atoms with Crippen LogP contribution < -0.4 is 5.32 Å². The van der Waals surface area contributed by atoms with Crippen molar-refractivity contribution < 1.29 is 17.9 Å². The van der Waals surface area contributed by atoms with Crippen LogP contribution in [0.25, 0.3) is 11.3 Å². The fourth-order valence-electron chi connectivity index (χ4n) is 1.65. The topological polar surface area (TPSA) is 64.9 Å². The zero-order chi connectivity index (χ0) is 15.5. The van der Waals surface area contributed by atoms with Crippen molar-refractivity contribution in [3.63, 3.8) is 0 Å². The maximum absolute atomic E-state index is 12.1. The highest BCUT2D eigenvalue weighted by Crippen LogP contribution is 2.20. The molecule has 114 valence electrons. The molecule has 0 aliphatic carbocycles. The lowest BCUT2D eigenvalue weighted by molar-refractivity contribution is -0.177. The Morgan fingerprint density at radius 3 is 2.67 bits per heavy atom. The summed E-state index contributed by atoms with van der Waals surface area (Å²) in [5, 5.41) is 6.86. The standard InChI is InChI=1S/C12H14F3N5O/c1-16-10-3-9(8-4-17-20(2)5-8)18-11(19-10)6-21-7-12(13,14)15/h3-5H,6-7H2,1-2H3,(H,16,18,19). The Hall–Kier alpha value is -2.16. The Labute approximate surface area is 119 Å². The molecule has 0 saturated heterocycles. The van der Waals surface area contributed by atoms with Crippen LogP contribution in [-0.2, 0) is 18.4 Å². The molecular weight excluding hydrogens is 287 g/mol. The lowest BCUT2D eigenvalue weighted by Gasteiger charge is -2.09. The third-order valence-electron chi connectivity index (χ3n) is 2.53. The van der Waals surface area contributed by atoms with E-state index in [0.29, 0.717) is 11.5 Å². The van der Waals surface area contributed by atoms with E-state index in [1.165, 1.54) is 0 Å². The van der Waals surface area contributed by atoms with Gasteiger partial charge in [-0.1, -0.05) is 0 Å². The second-order valence-corrected chi connectivity index (χ2v) is 4.32. The molecule has 0 radical (unpaired) electrons. The van der Waals surface area contributed by atoms with Crippen molar-refractivity contribution in [3.8, 4) is 11.3 Å². The van der Waals surface area contributed by atoms with E-state index < -0.39 is 12.8 Å². The van der Waals surface area contributed by atoms with Gasteiger partial charge in [-0.3, -0.25) is 4.68 Å². The van der Waals surface area contributed by atoms with Crippen LogP contribution in [-0.4, -0.2) is 39.6 Å². The molecule has 2 aromatic rings. The molecule has 9 heteroatoms. The summed E-state index contributed by atoms with van der Waals surface area (Å²) in [5.74, 6) is 0.666. The quantitative estimate of drug-likeness (QED) is 0.915. The Kier molecular flexibility index (Phi) is 4.41. The van der Waals surface area contributed by atoms with Crippen LogP contribution >= 0.6 is 0 Å². The van der Waals surface area contributed by atoms with Gasteiger partial charge in [-0.15, -0.1) is 0 Å². The summed E-state index contributed by atoms with van der Waals surface area (Å²) >= 11 is 0. The number of nitrogens with one attached hydrogen (secondary N) is 1. The smallest absolute Gasteiger partial charge is 0.373 e. The van der Waals surface area contributed by atoms with Crippen LogP contribution in [0.4, 0.5) is 19.0 Å².